The van der Waals surface area contributed by atoms with Gasteiger partial charge in [0.1, 0.15) is 11.5 Å². The molecule has 0 aromatic heterocycles. The molecule has 0 bridgehead atoms. The van der Waals surface area contributed by atoms with Crippen molar-refractivity contribution in [2.45, 2.75) is 39.2 Å². The molecule has 1 aromatic carbocycles. The maximum atomic E-state index is 12.7. The number of hydrogen-bond acceptors (Lipinski definition) is 3. The number of benzene rings is 1. The van der Waals surface area contributed by atoms with E-state index in [0.29, 0.717) is 6.54 Å². The highest BCUT2D eigenvalue weighted by molar-refractivity contribution is 5.97. The number of aromatic hydroxyl groups is 2. The second-order valence-electron chi connectivity index (χ2n) is 5.59. The van der Waals surface area contributed by atoms with Crippen molar-refractivity contribution in [2.75, 3.05) is 6.54 Å². The van der Waals surface area contributed by atoms with Gasteiger partial charge in [-0.05, 0) is 37.0 Å². The molecule has 1 atom stereocenters. The fourth-order valence-corrected chi connectivity index (χ4v) is 3.03. The van der Waals surface area contributed by atoms with E-state index < -0.39 is 0 Å². The van der Waals surface area contributed by atoms with Crippen LogP contribution in [0.1, 0.15) is 43.5 Å². The number of amides is 1. The third-order valence-electron chi connectivity index (χ3n) is 4.12. The van der Waals surface area contributed by atoms with Crippen LogP contribution in [0.15, 0.2) is 54.2 Å². The summed E-state index contributed by atoms with van der Waals surface area (Å²) in [5, 5.41) is 19.3. The molecule has 24 heavy (non-hydrogen) atoms. The van der Waals surface area contributed by atoms with Gasteiger partial charge in [-0.15, -0.1) is 0 Å². The average Bonchev–Trinajstić information content (AvgIpc) is 2.91. The minimum atomic E-state index is -0.192. The number of hydrogen-bond donors (Lipinski definition) is 2. The molecule has 1 fully saturated rings. The van der Waals surface area contributed by atoms with Gasteiger partial charge < -0.3 is 15.1 Å². The lowest BCUT2D eigenvalue weighted by molar-refractivity contribution is 0.0754. The van der Waals surface area contributed by atoms with E-state index in [4.69, 9.17) is 0 Å². The summed E-state index contributed by atoms with van der Waals surface area (Å²) in [4.78, 5) is 14.5. The number of allylic oxidation sites excluding steroid dienone is 4. The number of likely N-dealkylation sites (tertiary alicyclic amines) is 1. The van der Waals surface area contributed by atoms with Crippen molar-refractivity contribution >= 4 is 5.91 Å². The first kappa shape index (κ1) is 17.9. The smallest absolute Gasteiger partial charge is 0.258 e. The SMILES string of the molecule is CC.O=C(c1ccc(O)cc1O)N1CCCC1C1=CC=CCC=C1. The van der Waals surface area contributed by atoms with Gasteiger partial charge >= 0.3 is 0 Å². The molecule has 2 aliphatic rings. The van der Waals surface area contributed by atoms with E-state index in [1.165, 1.54) is 18.2 Å². The Balaban J connectivity index is 0.00000100. The van der Waals surface area contributed by atoms with E-state index in [9.17, 15) is 15.0 Å². The van der Waals surface area contributed by atoms with Gasteiger partial charge in [0.25, 0.3) is 5.91 Å². The van der Waals surface area contributed by atoms with E-state index in [-0.39, 0.29) is 29.0 Å². The second kappa shape index (κ2) is 8.39. The average molecular weight is 327 g/mol. The summed E-state index contributed by atoms with van der Waals surface area (Å²) in [5.41, 5.74) is 1.36. The van der Waals surface area contributed by atoms with Gasteiger partial charge in [0, 0.05) is 12.6 Å². The Morgan fingerprint density at radius 3 is 2.75 bits per heavy atom. The Kier molecular flexibility index (Phi) is 6.24. The summed E-state index contributed by atoms with van der Waals surface area (Å²) >= 11 is 0. The van der Waals surface area contributed by atoms with Crippen LogP contribution in [0.2, 0.25) is 0 Å². The van der Waals surface area contributed by atoms with E-state index in [1.807, 2.05) is 19.9 Å². The van der Waals surface area contributed by atoms with Crippen LogP contribution in [0.25, 0.3) is 0 Å². The fraction of sp³-hybridized carbons (Fsp3) is 0.350. The lowest BCUT2D eigenvalue weighted by Gasteiger charge is -2.26. The van der Waals surface area contributed by atoms with Gasteiger partial charge in [0.2, 0.25) is 0 Å². The lowest BCUT2D eigenvalue weighted by Crippen LogP contribution is -2.36. The van der Waals surface area contributed by atoms with Crippen molar-refractivity contribution in [2.24, 2.45) is 0 Å². The second-order valence-corrected chi connectivity index (χ2v) is 5.59. The van der Waals surface area contributed by atoms with Crippen LogP contribution in [-0.2, 0) is 0 Å². The number of phenols is 2. The molecular formula is C20H25NO3. The van der Waals surface area contributed by atoms with Crippen LogP contribution in [0.5, 0.6) is 11.5 Å². The van der Waals surface area contributed by atoms with Gasteiger partial charge in [-0.25, -0.2) is 0 Å². The standard InChI is InChI=1S/C18H19NO3.C2H6/c20-14-9-10-15(17(21)12-14)18(22)19-11-5-8-16(19)13-6-3-1-2-4-7-13;1-2/h1,3-4,6-7,9-10,12,16,20-21H,2,5,8,11H2;1-2H3. The Morgan fingerprint density at radius 1 is 1.21 bits per heavy atom. The maximum Gasteiger partial charge on any atom is 0.258 e. The van der Waals surface area contributed by atoms with E-state index >= 15 is 0 Å². The molecule has 0 saturated carbocycles. The van der Waals surface area contributed by atoms with Crippen LogP contribution in [0.3, 0.4) is 0 Å². The van der Waals surface area contributed by atoms with Crippen molar-refractivity contribution in [3.05, 3.63) is 59.7 Å². The molecule has 4 heteroatoms. The monoisotopic (exact) mass is 327 g/mol. The topological polar surface area (TPSA) is 60.8 Å². The molecule has 1 heterocycles. The summed E-state index contributed by atoms with van der Waals surface area (Å²) in [6.45, 7) is 4.68. The maximum absolute atomic E-state index is 12.7. The zero-order valence-corrected chi connectivity index (χ0v) is 14.3. The number of phenolic OH excluding ortho intramolecular Hbond substituents is 2. The third-order valence-corrected chi connectivity index (χ3v) is 4.12. The van der Waals surface area contributed by atoms with Gasteiger partial charge in [-0.1, -0.05) is 44.2 Å². The molecule has 1 aromatic rings. The van der Waals surface area contributed by atoms with Crippen LogP contribution >= 0.6 is 0 Å². The molecule has 128 valence electrons. The Bertz CT molecular complexity index is 673. The van der Waals surface area contributed by atoms with Crippen molar-refractivity contribution < 1.29 is 15.0 Å². The predicted molar refractivity (Wildman–Crippen MR) is 96.2 cm³/mol. The minimum absolute atomic E-state index is 0.0414. The van der Waals surface area contributed by atoms with Gasteiger partial charge in [-0.2, -0.15) is 0 Å². The summed E-state index contributed by atoms with van der Waals surface area (Å²) < 4.78 is 0. The van der Waals surface area contributed by atoms with Gasteiger partial charge in [0.05, 0.1) is 11.6 Å². The normalized spacial score (nSPS) is 19.3. The number of carbonyl (C=O) groups excluding carboxylic acids is 1. The number of rotatable bonds is 2. The zero-order chi connectivity index (χ0) is 17.5. The predicted octanol–water partition coefficient (Wildman–Crippen LogP) is 4.17. The molecule has 1 unspecified atom stereocenters. The number of nitrogens with zero attached hydrogens (tertiary/aromatic N) is 1. The lowest BCUT2D eigenvalue weighted by atomic mass is 10.0. The van der Waals surface area contributed by atoms with Crippen LogP contribution in [0.4, 0.5) is 0 Å². The van der Waals surface area contributed by atoms with Crippen molar-refractivity contribution in [1.82, 2.24) is 4.90 Å². The highest BCUT2D eigenvalue weighted by Gasteiger charge is 2.32. The van der Waals surface area contributed by atoms with Crippen molar-refractivity contribution in [1.29, 1.82) is 0 Å². The van der Waals surface area contributed by atoms with Crippen molar-refractivity contribution in [3.8, 4) is 11.5 Å². The quantitative estimate of drug-likeness (QED) is 0.857. The van der Waals surface area contributed by atoms with E-state index in [0.717, 1.165) is 24.8 Å². The molecular weight excluding hydrogens is 302 g/mol. The summed E-state index contributed by atoms with van der Waals surface area (Å²) in [7, 11) is 0. The first-order valence-electron chi connectivity index (χ1n) is 8.53. The summed E-state index contributed by atoms with van der Waals surface area (Å²) in [6.07, 6.45) is 13.1. The zero-order valence-electron chi connectivity index (χ0n) is 14.3. The Hall–Kier alpha value is -2.49. The molecule has 1 amide bonds. The van der Waals surface area contributed by atoms with Gasteiger partial charge in [-0.3, -0.25) is 4.79 Å². The Labute approximate surface area is 143 Å². The van der Waals surface area contributed by atoms with Crippen LogP contribution in [-0.4, -0.2) is 33.6 Å². The number of carbonyl (C=O) groups is 1. The fourth-order valence-electron chi connectivity index (χ4n) is 3.03. The molecule has 2 N–H and O–H groups in total. The Morgan fingerprint density at radius 2 is 2.00 bits per heavy atom. The molecule has 1 aliphatic heterocycles. The van der Waals surface area contributed by atoms with Crippen LogP contribution < -0.4 is 0 Å². The summed E-state index contributed by atoms with van der Waals surface area (Å²) in [6, 6.07) is 4.14. The third kappa shape index (κ3) is 3.88. The highest BCUT2D eigenvalue weighted by Crippen LogP contribution is 2.30. The summed E-state index contributed by atoms with van der Waals surface area (Å²) in [5.74, 6) is -0.421. The largest absolute Gasteiger partial charge is 0.508 e. The van der Waals surface area contributed by atoms with Gasteiger partial charge in [0.15, 0.2) is 0 Å². The van der Waals surface area contributed by atoms with E-state index in [1.54, 1.807) is 4.90 Å². The minimum Gasteiger partial charge on any atom is -0.508 e. The molecule has 1 saturated heterocycles. The van der Waals surface area contributed by atoms with Crippen molar-refractivity contribution in [3.63, 3.8) is 0 Å². The molecule has 1 aliphatic carbocycles. The first-order valence-corrected chi connectivity index (χ1v) is 8.53. The molecule has 0 radical (unpaired) electrons. The first-order chi connectivity index (χ1) is 11.7. The molecule has 4 nitrogen and oxygen atoms in total. The molecule has 0 spiro atoms. The molecule has 3 rings (SSSR count). The highest BCUT2D eigenvalue weighted by atomic mass is 16.3. The van der Waals surface area contributed by atoms with Crippen LogP contribution in [0, 0.1) is 0 Å². The van der Waals surface area contributed by atoms with E-state index in [2.05, 4.69) is 24.3 Å².